The van der Waals surface area contributed by atoms with Crippen molar-refractivity contribution in [2.75, 3.05) is 6.54 Å². The van der Waals surface area contributed by atoms with E-state index in [2.05, 4.69) is 0 Å². The fourth-order valence-electron chi connectivity index (χ4n) is 2.72. The lowest BCUT2D eigenvalue weighted by Gasteiger charge is -2.38. The molecule has 1 aliphatic rings. The number of carbonyl (C=O) groups excluding carboxylic acids is 1. The zero-order valence-corrected chi connectivity index (χ0v) is 13.7. The van der Waals surface area contributed by atoms with Crippen molar-refractivity contribution in [1.82, 2.24) is 4.90 Å². The van der Waals surface area contributed by atoms with Crippen LogP contribution >= 0.6 is 0 Å². The maximum atomic E-state index is 12.1. The maximum Gasteiger partial charge on any atom is 0.411 e. The molecule has 2 atom stereocenters. The van der Waals surface area contributed by atoms with E-state index >= 15 is 0 Å². The molecule has 0 radical (unpaired) electrons. The van der Waals surface area contributed by atoms with Gasteiger partial charge >= 0.3 is 6.09 Å². The van der Waals surface area contributed by atoms with Crippen molar-refractivity contribution < 1.29 is 14.5 Å². The van der Waals surface area contributed by atoms with Crippen LogP contribution < -0.4 is 5.73 Å². The van der Waals surface area contributed by atoms with Crippen LogP contribution in [0.2, 0.25) is 0 Å². The Hall–Kier alpha value is -2.15. The molecule has 0 spiro atoms. The second kappa shape index (κ2) is 6.54. The molecule has 1 fully saturated rings. The summed E-state index contributed by atoms with van der Waals surface area (Å²) in [7, 11) is 0. The number of benzene rings is 1. The highest BCUT2D eigenvalue weighted by Crippen LogP contribution is 2.31. The molecule has 2 N–H and O–H groups in total. The summed E-state index contributed by atoms with van der Waals surface area (Å²) in [4.78, 5) is 24.0. The number of nitrogens with zero attached hydrogens (tertiary/aromatic N) is 2. The van der Waals surface area contributed by atoms with Gasteiger partial charge in [-0.2, -0.15) is 0 Å². The number of carbonyl (C=O) groups is 1. The molecular formula is C16H23N3O4. The number of hydrogen-bond acceptors (Lipinski definition) is 5. The minimum Gasteiger partial charge on any atom is -0.444 e. The van der Waals surface area contributed by atoms with Crippen LogP contribution in [0, 0.1) is 10.1 Å². The number of nitrogens with two attached hydrogens (primary N) is 1. The standard InChI is InChI=1S/C16H23N3O4/c1-16(2,3)23-15(20)18-9-8-12(10-14(18)17)11-4-6-13(7-5-11)19(21)22/h4-7,12,14H,8-10,17H2,1-3H3. The van der Waals surface area contributed by atoms with Crippen molar-refractivity contribution in [3.05, 3.63) is 39.9 Å². The number of amides is 1. The van der Waals surface area contributed by atoms with Crippen LogP contribution in [0.5, 0.6) is 0 Å². The lowest BCUT2D eigenvalue weighted by atomic mass is 9.88. The number of non-ortho nitro benzene ring substituents is 1. The molecule has 23 heavy (non-hydrogen) atoms. The first-order valence-electron chi connectivity index (χ1n) is 7.67. The molecule has 0 bridgehead atoms. The minimum atomic E-state index is -0.550. The van der Waals surface area contributed by atoms with Crippen LogP contribution in [0.15, 0.2) is 24.3 Å². The number of piperidine rings is 1. The molecule has 2 rings (SSSR count). The Morgan fingerprint density at radius 1 is 1.35 bits per heavy atom. The average molecular weight is 321 g/mol. The van der Waals surface area contributed by atoms with Gasteiger partial charge in [-0.15, -0.1) is 0 Å². The maximum absolute atomic E-state index is 12.1. The molecule has 0 aromatic heterocycles. The first-order chi connectivity index (χ1) is 10.7. The molecule has 2 unspecified atom stereocenters. The summed E-state index contributed by atoms with van der Waals surface area (Å²) in [5.41, 5.74) is 6.65. The number of rotatable bonds is 2. The van der Waals surface area contributed by atoms with Crippen molar-refractivity contribution in [2.45, 2.75) is 51.3 Å². The van der Waals surface area contributed by atoms with Gasteiger partial charge in [0.2, 0.25) is 0 Å². The lowest BCUT2D eigenvalue weighted by Crippen LogP contribution is -2.51. The van der Waals surface area contributed by atoms with Gasteiger partial charge < -0.3 is 10.5 Å². The monoisotopic (exact) mass is 321 g/mol. The SMILES string of the molecule is CC(C)(C)OC(=O)N1CCC(c2ccc([N+](=O)[O-])cc2)CC1N. The third kappa shape index (κ3) is 4.41. The zero-order chi connectivity index (χ0) is 17.2. The van der Waals surface area contributed by atoms with Gasteiger partial charge in [0.05, 0.1) is 11.1 Å². The summed E-state index contributed by atoms with van der Waals surface area (Å²) in [6.07, 6.45) is 0.549. The molecule has 1 heterocycles. The third-order valence-electron chi connectivity index (χ3n) is 3.85. The van der Waals surface area contributed by atoms with Crippen LogP contribution in [-0.2, 0) is 4.74 Å². The van der Waals surface area contributed by atoms with Gasteiger partial charge in [0.15, 0.2) is 0 Å². The topological polar surface area (TPSA) is 98.7 Å². The van der Waals surface area contributed by atoms with Crippen LogP contribution in [-0.4, -0.2) is 34.2 Å². The van der Waals surface area contributed by atoms with Gasteiger partial charge in [0, 0.05) is 18.7 Å². The molecule has 1 aromatic rings. The molecule has 1 saturated heterocycles. The van der Waals surface area contributed by atoms with Crippen LogP contribution in [0.4, 0.5) is 10.5 Å². The Morgan fingerprint density at radius 2 is 1.96 bits per heavy atom. The first kappa shape index (κ1) is 17.2. The zero-order valence-electron chi connectivity index (χ0n) is 13.7. The van der Waals surface area contributed by atoms with E-state index in [-0.39, 0.29) is 11.6 Å². The van der Waals surface area contributed by atoms with E-state index in [0.29, 0.717) is 13.0 Å². The minimum absolute atomic E-state index is 0.0734. The van der Waals surface area contributed by atoms with E-state index in [1.165, 1.54) is 12.1 Å². The van der Waals surface area contributed by atoms with Gasteiger partial charge in [-0.3, -0.25) is 15.0 Å². The predicted molar refractivity (Wildman–Crippen MR) is 86.0 cm³/mol. The van der Waals surface area contributed by atoms with E-state index < -0.39 is 22.8 Å². The normalized spacial score (nSPS) is 21.8. The number of hydrogen-bond donors (Lipinski definition) is 1. The Morgan fingerprint density at radius 3 is 2.43 bits per heavy atom. The molecule has 1 aromatic carbocycles. The predicted octanol–water partition coefficient (Wildman–Crippen LogP) is 2.99. The second-order valence-corrected chi connectivity index (χ2v) is 6.81. The summed E-state index contributed by atoms with van der Waals surface area (Å²) in [5, 5.41) is 10.7. The van der Waals surface area contributed by atoms with Crippen molar-refractivity contribution in [3.8, 4) is 0 Å². The Labute approximate surface area is 135 Å². The molecule has 0 aliphatic carbocycles. The highest BCUT2D eigenvalue weighted by Gasteiger charge is 2.32. The molecule has 1 aliphatic heterocycles. The van der Waals surface area contributed by atoms with Crippen LogP contribution in [0.25, 0.3) is 0 Å². The highest BCUT2D eigenvalue weighted by atomic mass is 16.6. The smallest absolute Gasteiger partial charge is 0.411 e. The number of nitro groups is 1. The summed E-state index contributed by atoms with van der Waals surface area (Å²) in [5.74, 6) is 0.185. The molecule has 126 valence electrons. The fourth-order valence-corrected chi connectivity index (χ4v) is 2.72. The number of ether oxygens (including phenoxy) is 1. The van der Waals surface area contributed by atoms with Gasteiger partial charge in [0.1, 0.15) is 5.60 Å². The van der Waals surface area contributed by atoms with Crippen LogP contribution in [0.3, 0.4) is 0 Å². The van der Waals surface area contributed by atoms with Gasteiger partial charge in [-0.25, -0.2) is 4.79 Å². The Bertz CT molecular complexity index is 580. The van der Waals surface area contributed by atoms with Crippen LogP contribution in [0.1, 0.15) is 45.1 Å². The Balaban J connectivity index is 2.00. The Kier molecular flexibility index (Phi) is 4.89. The fraction of sp³-hybridized carbons (Fsp3) is 0.562. The van der Waals surface area contributed by atoms with Crippen molar-refractivity contribution >= 4 is 11.8 Å². The molecular weight excluding hydrogens is 298 g/mol. The number of nitro benzene ring substituents is 1. The molecule has 0 saturated carbocycles. The summed E-state index contributed by atoms with van der Waals surface area (Å²) >= 11 is 0. The highest BCUT2D eigenvalue weighted by molar-refractivity contribution is 5.68. The van der Waals surface area contributed by atoms with E-state index in [0.717, 1.165) is 12.0 Å². The molecule has 7 heteroatoms. The van der Waals surface area contributed by atoms with E-state index in [9.17, 15) is 14.9 Å². The van der Waals surface area contributed by atoms with Crippen molar-refractivity contribution in [1.29, 1.82) is 0 Å². The quantitative estimate of drug-likeness (QED) is 0.667. The summed E-state index contributed by atoms with van der Waals surface area (Å²) < 4.78 is 5.36. The number of likely N-dealkylation sites (tertiary alicyclic amines) is 1. The van der Waals surface area contributed by atoms with E-state index in [1.807, 2.05) is 20.8 Å². The van der Waals surface area contributed by atoms with Crippen molar-refractivity contribution in [3.63, 3.8) is 0 Å². The summed E-state index contributed by atoms with van der Waals surface area (Å²) in [6.45, 7) is 5.97. The summed E-state index contributed by atoms with van der Waals surface area (Å²) in [6, 6.07) is 6.53. The lowest BCUT2D eigenvalue weighted by molar-refractivity contribution is -0.384. The first-order valence-corrected chi connectivity index (χ1v) is 7.67. The van der Waals surface area contributed by atoms with Gasteiger partial charge in [0.25, 0.3) is 5.69 Å². The van der Waals surface area contributed by atoms with Gasteiger partial charge in [-0.05, 0) is 45.1 Å². The average Bonchev–Trinajstić information content (AvgIpc) is 2.45. The third-order valence-corrected chi connectivity index (χ3v) is 3.85. The van der Waals surface area contributed by atoms with E-state index in [4.69, 9.17) is 10.5 Å². The molecule has 1 amide bonds. The second-order valence-electron chi connectivity index (χ2n) is 6.81. The molecule has 7 nitrogen and oxygen atoms in total. The van der Waals surface area contributed by atoms with Gasteiger partial charge in [-0.1, -0.05) is 12.1 Å². The van der Waals surface area contributed by atoms with E-state index in [1.54, 1.807) is 17.0 Å². The largest absolute Gasteiger partial charge is 0.444 e. The van der Waals surface area contributed by atoms with Crippen molar-refractivity contribution in [2.24, 2.45) is 5.73 Å².